The van der Waals surface area contributed by atoms with Gasteiger partial charge in [-0.05, 0) is 35.3 Å². The average molecular weight is 394 g/mol. The van der Waals surface area contributed by atoms with Crippen LogP contribution in [0, 0.1) is 0 Å². The molecule has 144 valence electrons. The van der Waals surface area contributed by atoms with Gasteiger partial charge in [0.1, 0.15) is 0 Å². The van der Waals surface area contributed by atoms with Gasteiger partial charge in [-0.15, -0.1) is 0 Å². The summed E-state index contributed by atoms with van der Waals surface area (Å²) in [6.45, 7) is 2.46. The summed E-state index contributed by atoms with van der Waals surface area (Å²) in [6.07, 6.45) is 8.33. The van der Waals surface area contributed by atoms with Crippen molar-refractivity contribution in [1.82, 2.24) is 4.31 Å². The molecule has 0 saturated carbocycles. The van der Waals surface area contributed by atoms with Crippen molar-refractivity contribution in [2.45, 2.75) is 25.2 Å². The lowest BCUT2D eigenvalue weighted by molar-refractivity contribution is 0.104. The maximum atomic E-state index is 12.8. The van der Waals surface area contributed by atoms with Gasteiger partial charge in [-0.2, -0.15) is 0 Å². The van der Waals surface area contributed by atoms with Gasteiger partial charge in [0.05, 0.1) is 11.7 Å². The van der Waals surface area contributed by atoms with Crippen LogP contribution in [0.3, 0.4) is 0 Å². The molecule has 0 unspecified atom stereocenters. The van der Waals surface area contributed by atoms with Crippen LogP contribution in [0.4, 0.5) is 0 Å². The molecule has 4 rings (SSSR count). The number of fused-ring (bicyclic) bond motifs is 4. The number of hydrogen-bond acceptors (Lipinski definition) is 3. The Bertz CT molecular complexity index is 1110. The van der Waals surface area contributed by atoms with Gasteiger partial charge in [-0.25, -0.2) is 8.42 Å². The molecule has 2 aromatic carbocycles. The van der Waals surface area contributed by atoms with E-state index in [0.717, 1.165) is 29.5 Å². The summed E-state index contributed by atoms with van der Waals surface area (Å²) < 4.78 is 27.1. The molecule has 1 atom stereocenters. The molecular formula is C23H23NO3S. The molecule has 0 fully saturated rings. The second-order valence-corrected chi connectivity index (χ2v) is 9.26. The summed E-state index contributed by atoms with van der Waals surface area (Å²) in [5, 5.41) is 0. The summed E-state index contributed by atoms with van der Waals surface area (Å²) in [6, 6.07) is 15.4. The molecule has 28 heavy (non-hydrogen) atoms. The first-order valence-electron chi connectivity index (χ1n) is 9.52. The number of ketones is 1. The molecule has 0 bridgehead atoms. The Labute approximate surface area is 166 Å². The minimum Gasteiger partial charge on any atom is -0.289 e. The topological polar surface area (TPSA) is 54.5 Å². The molecule has 0 amide bonds. The maximum Gasteiger partial charge on any atom is 0.232 e. The molecule has 2 aliphatic rings. The fourth-order valence-corrected chi connectivity index (χ4v) is 5.31. The monoisotopic (exact) mass is 393 g/mol. The van der Waals surface area contributed by atoms with Crippen LogP contribution < -0.4 is 0 Å². The van der Waals surface area contributed by atoms with Gasteiger partial charge in [-0.1, -0.05) is 68.0 Å². The van der Waals surface area contributed by atoms with E-state index in [1.165, 1.54) is 10.6 Å². The van der Waals surface area contributed by atoms with E-state index in [9.17, 15) is 13.2 Å². The van der Waals surface area contributed by atoms with Crippen molar-refractivity contribution in [3.63, 3.8) is 0 Å². The zero-order chi connectivity index (χ0) is 19.9. The normalized spacial score (nSPS) is 20.1. The molecule has 0 aromatic heterocycles. The SMILES string of the molecule is CCCCN(C1=Cc2ccccc2[C@]12C=CC(=O)c1ccccc12)S(C)(=O)=O. The van der Waals surface area contributed by atoms with E-state index in [0.29, 0.717) is 17.8 Å². The fraction of sp³-hybridized carbons (Fsp3) is 0.261. The molecule has 2 aromatic rings. The molecule has 0 heterocycles. The van der Waals surface area contributed by atoms with Crippen LogP contribution in [0.5, 0.6) is 0 Å². The highest BCUT2D eigenvalue weighted by atomic mass is 32.2. The highest BCUT2D eigenvalue weighted by Gasteiger charge is 2.48. The van der Waals surface area contributed by atoms with E-state index >= 15 is 0 Å². The maximum absolute atomic E-state index is 12.8. The number of allylic oxidation sites excluding steroid dienone is 2. The molecule has 4 nitrogen and oxygen atoms in total. The molecule has 0 N–H and O–H groups in total. The van der Waals surface area contributed by atoms with E-state index in [4.69, 9.17) is 0 Å². The summed E-state index contributed by atoms with van der Waals surface area (Å²) >= 11 is 0. The van der Waals surface area contributed by atoms with Crippen LogP contribution in [0.25, 0.3) is 6.08 Å². The van der Waals surface area contributed by atoms with Gasteiger partial charge in [0.2, 0.25) is 10.0 Å². The molecule has 2 aliphatic carbocycles. The largest absolute Gasteiger partial charge is 0.289 e. The van der Waals surface area contributed by atoms with Gasteiger partial charge < -0.3 is 0 Å². The van der Waals surface area contributed by atoms with Crippen LogP contribution >= 0.6 is 0 Å². The van der Waals surface area contributed by atoms with Crippen LogP contribution in [0.2, 0.25) is 0 Å². The average Bonchev–Trinajstić information content (AvgIpc) is 2.99. The number of rotatable bonds is 5. The Hall–Kier alpha value is -2.66. The first-order chi connectivity index (χ1) is 13.4. The third kappa shape index (κ3) is 2.73. The Balaban J connectivity index is 2.02. The van der Waals surface area contributed by atoms with Crippen molar-refractivity contribution < 1.29 is 13.2 Å². The summed E-state index contributed by atoms with van der Waals surface area (Å²) in [5.74, 6) is -0.0515. The predicted octanol–water partition coefficient (Wildman–Crippen LogP) is 4.14. The quantitative estimate of drug-likeness (QED) is 0.767. The van der Waals surface area contributed by atoms with Crippen molar-refractivity contribution in [2.75, 3.05) is 12.8 Å². The molecular weight excluding hydrogens is 370 g/mol. The van der Waals surface area contributed by atoms with E-state index < -0.39 is 15.4 Å². The lowest BCUT2D eigenvalue weighted by Crippen LogP contribution is -2.41. The number of unbranched alkanes of at least 4 members (excludes halogenated alkanes) is 1. The van der Waals surface area contributed by atoms with E-state index in [1.54, 1.807) is 6.08 Å². The minimum absolute atomic E-state index is 0.0515. The highest BCUT2D eigenvalue weighted by molar-refractivity contribution is 7.88. The molecule has 0 aliphatic heterocycles. The lowest BCUT2D eigenvalue weighted by Gasteiger charge is -2.39. The van der Waals surface area contributed by atoms with Crippen LogP contribution in [0.15, 0.2) is 66.4 Å². The number of sulfonamides is 1. The van der Waals surface area contributed by atoms with E-state index in [2.05, 4.69) is 0 Å². The van der Waals surface area contributed by atoms with Crippen LogP contribution in [-0.4, -0.2) is 31.3 Å². The zero-order valence-corrected chi connectivity index (χ0v) is 16.9. The summed E-state index contributed by atoms with van der Waals surface area (Å²) in [5.41, 5.74) is 3.36. The van der Waals surface area contributed by atoms with Crippen molar-refractivity contribution >= 4 is 21.9 Å². The van der Waals surface area contributed by atoms with Crippen LogP contribution in [0.1, 0.15) is 46.8 Å². The van der Waals surface area contributed by atoms with Gasteiger partial charge in [0, 0.05) is 17.8 Å². The molecule has 5 heteroatoms. The summed E-state index contributed by atoms with van der Waals surface area (Å²) in [4.78, 5) is 12.5. The van der Waals surface area contributed by atoms with Gasteiger partial charge in [0.25, 0.3) is 0 Å². The summed E-state index contributed by atoms with van der Waals surface area (Å²) in [7, 11) is -3.48. The Morgan fingerprint density at radius 3 is 2.39 bits per heavy atom. The molecule has 0 radical (unpaired) electrons. The van der Waals surface area contributed by atoms with E-state index in [-0.39, 0.29) is 5.78 Å². The van der Waals surface area contributed by atoms with Crippen molar-refractivity contribution in [1.29, 1.82) is 0 Å². The second kappa shape index (κ2) is 6.74. The Morgan fingerprint density at radius 2 is 1.68 bits per heavy atom. The first-order valence-corrected chi connectivity index (χ1v) is 11.4. The number of benzene rings is 2. The standard InChI is InChI=1S/C23H23NO3S/c1-3-4-15-24(28(2,26)27)22-16-17-9-5-7-11-19(17)23(22)14-13-21(25)18-10-6-8-12-20(18)23/h5-14,16H,3-4,15H2,1-2H3/t23-/m0/s1. The molecule has 0 saturated heterocycles. The predicted molar refractivity (Wildman–Crippen MR) is 112 cm³/mol. The third-order valence-corrected chi connectivity index (χ3v) is 6.75. The van der Waals surface area contributed by atoms with Gasteiger partial charge >= 0.3 is 0 Å². The van der Waals surface area contributed by atoms with Crippen molar-refractivity contribution in [2.24, 2.45) is 0 Å². The Kier molecular flexibility index (Phi) is 4.50. The Morgan fingerprint density at radius 1 is 1.00 bits per heavy atom. The lowest BCUT2D eigenvalue weighted by atomic mass is 9.69. The van der Waals surface area contributed by atoms with Gasteiger partial charge in [0.15, 0.2) is 5.78 Å². The minimum atomic E-state index is -3.48. The van der Waals surface area contributed by atoms with Crippen LogP contribution in [-0.2, 0) is 15.4 Å². The second-order valence-electron chi connectivity index (χ2n) is 7.36. The number of carbonyl (C=O) groups excluding carboxylic acids is 1. The highest BCUT2D eigenvalue weighted by Crippen LogP contribution is 2.52. The molecule has 1 spiro atoms. The fourth-order valence-electron chi connectivity index (χ4n) is 4.30. The van der Waals surface area contributed by atoms with E-state index in [1.807, 2.05) is 67.6 Å². The van der Waals surface area contributed by atoms with Gasteiger partial charge in [-0.3, -0.25) is 9.10 Å². The van der Waals surface area contributed by atoms with Crippen molar-refractivity contribution in [3.05, 3.63) is 88.6 Å². The third-order valence-electron chi connectivity index (χ3n) is 5.57. The zero-order valence-electron chi connectivity index (χ0n) is 16.1. The van der Waals surface area contributed by atoms with Crippen molar-refractivity contribution in [3.8, 4) is 0 Å². The number of nitrogens with zero attached hydrogens (tertiary/aromatic N) is 1. The first kappa shape index (κ1) is 18.7. The number of carbonyl (C=O) groups is 1. The smallest absolute Gasteiger partial charge is 0.232 e. The number of hydrogen-bond donors (Lipinski definition) is 0.